The van der Waals surface area contributed by atoms with Gasteiger partial charge in [-0.05, 0) is 49.1 Å². The Balaban J connectivity index is 1.98. The molecule has 1 atom stereocenters. The number of methoxy groups -OCH3 is 1. The second-order valence-electron chi connectivity index (χ2n) is 7.42. The molecule has 0 spiro atoms. The molecular weight excluding hydrogens is 346 g/mol. The predicted molar refractivity (Wildman–Crippen MR) is 119 cm³/mol. The van der Waals surface area contributed by atoms with Crippen molar-refractivity contribution in [1.29, 1.82) is 0 Å². The molecule has 2 aromatic rings. The average Bonchev–Trinajstić information content (AvgIpc) is 2.73. The first-order chi connectivity index (χ1) is 13.8. The number of hydrogen-bond donors (Lipinski definition) is 1. The summed E-state index contributed by atoms with van der Waals surface area (Å²) < 4.78 is 11.6. The molecule has 0 radical (unpaired) electrons. The van der Waals surface area contributed by atoms with E-state index < -0.39 is 0 Å². The molecule has 3 nitrogen and oxygen atoms in total. The zero-order valence-electron chi connectivity index (χ0n) is 17.9. The Bertz CT molecular complexity index is 657. The van der Waals surface area contributed by atoms with Crippen molar-refractivity contribution in [2.45, 2.75) is 64.8 Å². The van der Waals surface area contributed by atoms with Crippen molar-refractivity contribution in [3.63, 3.8) is 0 Å². The van der Waals surface area contributed by atoms with Crippen molar-refractivity contribution in [2.24, 2.45) is 0 Å². The standard InChI is InChI=1S/C25H37NO2/c1-4-6-8-13-23(26-17-5-2)19-22-14-15-24(27-3)25(20-22)28-18-16-21-11-9-7-10-12-21/h7,9-12,14-15,20,23,26H,4-6,8,13,16-19H2,1-3H3/t23-/m0/s1. The van der Waals surface area contributed by atoms with Gasteiger partial charge in [-0.2, -0.15) is 0 Å². The topological polar surface area (TPSA) is 30.5 Å². The normalized spacial score (nSPS) is 12.0. The number of unbranched alkanes of at least 4 members (excludes halogenated alkanes) is 2. The number of benzene rings is 2. The van der Waals surface area contributed by atoms with Crippen LogP contribution in [-0.2, 0) is 12.8 Å². The van der Waals surface area contributed by atoms with E-state index in [4.69, 9.17) is 9.47 Å². The predicted octanol–water partition coefficient (Wildman–Crippen LogP) is 5.81. The van der Waals surface area contributed by atoms with Gasteiger partial charge in [0.05, 0.1) is 13.7 Å². The summed E-state index contributed by atoms with van der Waals surface area (Å²) >= 11 is 0. The molecule has 0 amide bonds. The first-order valence-electron chi connectivity index (χ1n) is 10.8. The lowest BCUT2D eigenvalue weighted by atomic mass is 10.00. The Morgan fingerprint density at radius 1 is 0.893 bits per heavy atom. The second-order valence-corrected chi connectivity index (χ2v) is 7.42. The minimum absolute atomic E-state index is 0.525. The Morgan fingerprint density at radius 2 is 1.71 bits per heavy atom. The number of nitrogens with one attached hydrogen (secondary N) is 1. The number of ether oxygens (including phenoxy) is 2. The highest BCUT2D eigenvalue weighted by molar-refractivity contribution is 5.43. The Hall–Kier alpha value is -2.00. The summed E-state index contributed by atoms with van der Waals surface area (Å²) in [6, 6.07) is 17.3. The molecule has 2 rings (SSSR count). The van der Waals surface area contributed by atoms with Crippen molar-refractivity contribution >= 4 is 0 Å². The first kappa shape index (κ1) is 22.3. The quantitative estimate of drug-likeness (QED) is 0.418. The summed E-state index contributed by atoms with van der Waals surface area (Å²) in [5, 5.41) is 3.72. The first-order valence-corrected chi connectivity index (χ1v) is 10.8. The van der Waals surface area contributed by atoms with Gasteiger partial charge in [-0.25, -0.2) is 0 Å². The van der Waals surface area contributed by atoms with Crippen LogP contribution in [0.15, 0.2) is 48.5 Å². The Labute approximate surface area is 171 Å². The van der Waals surface area contributed by atoms with E-state index in [2.05, 4.69) is 55.6 Å². The van der Waals surface area contributed by atoms with Gasteiger partial charge in [-0.15, -0.1) is 0 Å². The molecular formula is C25H37NO2. The molecule has 0 unspecified atom stereocenters. The maximum atomic E-state index is 6.09. The lowest BCUT2D eigenvalue weighted by Crippen LogP contribution is -2.31. The molecule has 0 aliphatic rings. The Morgan fingerprint density at radius 3 is 2.43 bits per heavy atom. The average molecular weight is 384 g/mol. The highest BCUT2D eigenvalue weighted by atomic mass is 16.5. The largest absolute Gasteiger partial charge is 0.493 e. The van der Waals surface area contributed by atoms with Crippen LogP contribution in [0.1, 0.15) is 57.1 Å². The lowest BCUT2D eigenvalue weighted by Gasteiger charge is -2.20. The molecule has 2 aromatic carbocycles. The van der Waals surface area contributed by atoms with Gasteiger partial charge in [0, 0.05) is 12.5 Å². The lowest BCUT2D eigenvalue weighted by molar-refractivity contribution is 0.297. The van der Waals surface area contributed by atoms with Crippen molar-refractivity contribution in [2.75, 3.05) is 20.3 Å². The molecule has 28 heavy (non-hydrogen) atoms. The molecule has 154 valence electrons. The smallest absolute Gasteiger partial charge is 0.161 e. The van der Waals surface area contributed by atoms with Crippen LogP contribution in [0.3, 0.4) is 0 Å². The van der Waals surface area contributed by atoms with Crippen LogP contribution in [0.25, 0.3) is 0 Å². The fraction of sp³-hybridized carbons (Fsp3) is 0.520. The molecule has 0 fully saturated rings. The van der Waals surface area contributed by atoms with E-state index in [1.807, 2.05) is 12.1 Å². The van der Waals surface area contributed by atoms with Gasteiger partial charge in [0.2, 0.25) is 0 Å². The SMILES string of the molecule is CCCCC[C@@H](Cc1ccc(OC)c(OCCc2ccccc2)c1)NCCC. The summed E-state index contributed by atoms with van der Waals surface area (Å²) in [7, 11) is 1.70. The van der Waals surface area contributed by atoms with Gasteiger partial charge in [0.15, 0.2) is 11.5 Å². The van der Waals surface area contributed by atoms with E-state index in [-0.39, 0.29) is 0 Å². The summed E-state index contributed by atoms with van der Waals surface area (Å²) in [4.78, 5) is 0. The van der Waals surface area contributed by atoms with Crippen LogP contribution in [0.5, 0.6) is 11.5 Å². The fourth-order valence-corrected chi connectivity index (χ4v) is 3.43. The van der Waals surface area contributed by atoms with Crippen LogP contribution < -0.4 is 14.8 Å². The highest BCUT2D eigenvalue weighted by Gasteiger charge is 2.12. The maximum absolute atomic E-state index is 6.09. The van der Waals surface area contributed by atoms with Gasteiger partial charge in [0.25, 0.3) is 0 Å². The van der Waals surface area contributed by atoms with Crippen molar-refractivity contribution < 1.29 is 9.47 Å². The minimum atomic E-state index is 0.525. The van der Waals surface area contributed by atoms with E-state index in [1.54, 1.807) is 7.11 Å². The third-order valence-corrected chi connectivity index (χ3v) is 5.04. The number of hydrogen-bond acceptors (Lipinski definition) is 3. The third kappa shape index (κ3) is 7.93. The molecule has 0 bridgehead atoms. The Kier molecular flexibility index (Phi) is 10.5. The molecule has 0 saturated carbocycles. The molecule has 1 N–H and O–H groups in total. The highest BCUT2D eigenvalue weighted by Crippen LogP contribution is 2.29. The summed E-state index contributed by atoms with van der Waals surface area (Å²) in [5.74, 6) is 1.65. The monoisotopic (exact) mass is 383 g/mol. The van der Waals surface area contributed by atoms with Crippen molar-refractivity contribution in [3.05, 3.63) is 59.7 Å². The van der Waals surface area contributed by atoms with E-state index >= 15 is 0 Å². The molecule has 0 aliphatic carbocycles. The zero-order chi connectivity index (χ0) is 20.0. The van der Waals surface area contributed by atoms with Gasteiger partial charge >= 0.3 is 0 Å². The summed E-state index contributed by atoms with van der Waals surface area (Å²) in [6.07, 6.45) is 8.18. The van der Waals surface area contributed by atoms with E-state index in [0.717, 1.165) is 30.9 Å². The molecule has 0 saturated heterocycles. The summed E-state index contributed by atoms with van der Waals surface area (Å²) in [5.41, 5.74) is 2.60. The van der Waals surface area contributed by atoms with E-state index in [9.17, 15) is 0 Å². The zero-order valence-corrected chi connectivity index (χ0v) is 17.9. The second kappa shape index (κ2) is 13.2. The number of rotatable bonds is 14. The van der Waals surface area contributed by atoms with E-state index in [0.29, 0.717) is 12.6 Å². The fourth-order valence-electron chi connectivity index (χ4n) is 3.43. The molecule has 3 heteroatoms. The van der Waals surface area contributed by atoms with Crippen LogP contribution in [0.4, 0.5) is 0 Å². The molecule has 0 aromatic heterocycles. The summed E-state index contributed by atoms with van der Waals surface area (Å²) in [6.45, 7) is 6.21. The van der Waals surface area contributed by atoms with E-state index in [1.165, 1.54) is 43.2 Å². The van der Waals surface area contributed by atoms with Gasteiger partial charge < -0.3 is 14.8 Å². The van der Waals surface area contributed by atoms with Crippen LogP contribution in [0.2, 0.25) is 0 Å². The van der Waals surface area contributed by atoms with Gasteiger partial charge in [0.1, 0.15) is 0 Å². The van der Waals surface area contributed by atoms with Crippen LogP contribution in [-0.4, -0.2) is 26.3 Å². The third-order valence-electron chi connectivity index (χ3n) is 5.04. The molecule has 0 heterocycles. The van der Waals surface area contributed by atoms with Gasteiger partial charge in [-0.1, -0.05) is 69.5 Å². The van der Waals surface area contributed by atoms with Crippen LogP contribution in [0, 0.1) is 0 Å². The minimum Gasteiger partial charge on any atom is -0.493 e. The van der Waals surface area contributed by atoms with Crippen LogP contribution >= 0.6 is 0 Å². The van der Waals surface area contributed by atoms with Gasteiger partial charge in [-0.3, -0.25) is 0 Å². The van der Waals surface area contributed by atoms with Crippen molar-refractivity contribution in [3.8, 4) is 11.5 Å². The molecule has 0 aliphatic heterocycles. The van der Waals surface area contributed by atoms with Crippen molar-refractivity contribution in [1.82, 2.24) is 5.32 Å². The maximum Gasteiger partial charge on any atom is 0.161 e.